The topological polar surface area (TPSA) is 55.4 Å². The molecule has 0 aromatic heterocycles. The van der Waals surface area contributed by atoms with Gasteiger partial charge in [0.05, 0.1) is 5.75 Å². The van der Waals surface area contributed by atoms with Crippen molar-refractivity contribution in [1.29, 1.82) is 0 Å². The van der Waals surface area contributed by atoms with E-state index in [1.54, 1.807) is 11.8 Å². The number of halogens is 1. The van der Waals surface area contributed by atoms with Crippen LogP contribution in [0.4, 0.5) is 5.69 Å². The number of amides is 1. The smallest absolute Gasteiger partial charge is 0.234 e. The van der Waals surface area contributed by atoms with Crippen LogP contribution in [0.5, 0.6) is 0 Å². The van der Waals surface area contributed by atoms with E-state index in [-0.39, 0.29) is 11.2 Å². The molecule has 1 fully saturated rings. The summed E-state index contributed by atoms with van der Waals surface area (Å²) >= 11 is 7.44. The molecule has 4 nitrogen and oxygen atoms in total. The molecule has 0 aliphatic carbocycles. The van der Waals surface area contributed by atoms with Gasteiger partial charge in [-0.1, -0.05) is 35.9 Å². The SMILES string of the molecule is O=C(CSCc1ccc(Cl)cc1)Nc1cccc(CS(=O)C2CCOCC2)c1. The first kappa shape index (κ1) is 21.4. The summed E-state index contributed by atoms with van der Waals surface area (Å²) in [6, 6.07) is 15.3. The summed E-state index contributed by atoms with van der Waals surface area (Å²) < 4.78 is 17.9. The van der Waals surface area contributed by atoms with Crippen LogP contribution in [-0.4, -0.2) is 34.3 Å². The highest BCUT2D eigenvalue weighted by Crippen LogP contribution is 2.20. The van der Waals surface area contributed by atoms with Gasteiger partial charge in [-0.05, 0) is 48.2 Å². The predicted octanol–water partition coefficient (Wildman–Crippen LogP) is 4.64. The second-order valence-corrected chi connectivity index (χ2v) is 9.84. The Bertz CT molecular complexity index is 808. The van der Waals surface area contributed by atoms with Crippen LogP contribution in [0.25, 0.3) is 0 Å². The summed E-state index contributed by atoms with van der Waals surface area (Å²) in [4.78, 5) is 12.2. The maximum atomic E-state index is 12.6. The first-order valence-corrected chi connectivity index (χ1v) is 12.2. The Morgan fingerprint density at radius 2 is 1.89 bits per heavy atom. The number of anilines is 1. The largest absolute Gasteiger partial charge is 0.381 e. The zero-order valence-electron chi connectivity index (χ0n) is 15.6. The highest BCUT2D eigenvalue weighted by molar-refractivity contribution is 7.99. The minimum Gasteiger partial charge on any atom is -0.381 e. The molecule has 2 aromatic rings. The molecule has 1 N–H and O–H groups in total. The van der Waals surface area contributed by atoms with Crippen molar-refractivity contribution in [1.82, 2.24) is 0 Å². The lowest BCUT2D eigenvalue weighted by Crippen LogP contribution is -2.25. The van der Waals surface area contributed by atoms with Crippen LogP contribution in [0, 0.1) is 0 Å². The fourth-order valence-corrected chi connectivity index (χ4v) is 5.37. The normalized spacial score (nSPS) is 15.9. The third kappa shape index (κ3) is 6.92. The lowest BCUT2D eigenvalue weighted by Gasteiger charge is -2.21. The molecule has 28 heavy (non-hydrogen) atoms. The Labute approximate surface area is 177 Å². The van der Waals surface area contributed by atoms with Crippen molar-refractivity contribution < 1.29 is 13.7 Å². The van der Waals surface area contributed by atoms with Crippen molar-refractivity contribution in [2.75, 3.05) is 24.3 Å². The molecule has 1 atom stereocenters. The molecule has 1 amide bonds. The van der Waals surface area contributed by atoms with Gasteiger partial charge in [-0.15, -0.1) is 11.8 Å². The van der Waals surface area contributed by atoms with Crippen LogP contribution in [0.3, 0.4) is 0 Å². The van der Waals surface area contributed by atoms with Gasteiger partial charge in [0, 0.05) is 51.5 Å². The van der Waals surface area contributed by atoms with E-state index in [1.807, 2.05) is 48.5 Å². The summed E-state index contributed by atoms with van der Waals surface area (Å²) in [7, 11) is -0.912. The molecule has 3 rings (SSSR count). The maximum absolute atomic E-state index is 12.6. The monoisotopic (exact) mass is 437 g/mol. The average molecular weight is 438 g/mol. The molecule has 0 saturated carbocycles. The molecule has 0 bridgehead atoms. The summed E-state index contributed by atoms with van der Waals surface area (Å²) in [5.74, 6) is 1.61. The average Bonchev–Trinajstić information content (AvgIpc) is 2.70. The van der Waals surface area contributed by atoms with Crippen LogP contribution >= 0.6 is 23.4 Å². The van der Waals surface area contributed by atoms with E-state index in [2.05, 4.69) is 5.32 Å². The van der Waals surface area contributed by atoms with Gasteiger partial charge in [0.25, 0.3) is 0 Å². The van der Waals surface area contributed by atoms with Crippen LogP contribution in [-0.2, 0) is 31.8 Å². The van der Waals surface area contributed by atoms with Crippen LogP contribution in [0.15, 0.2) is 48.5 Å². The quantitative estimate of drug-likeness (QED) is 0.653. The standard InChI is InChI=1S/C21H24ClNO3S2/c22-18-6-4-16(5-7-18)13-27-14-21(24)23-19-3-1-2-17(12-19)15-28(25)20-8-10-26-11-9-20/h1-7,12,20H,8-11,13-15H2,(H,23,24). The van der Waals surface area contributed by atoms with Gasteiger partial charge in [0.1, 0.15) is 0 Å². The molecule has 1 aliphatic rings. The van der Waals surface area contributed by atoms with Crippen molar-refractivity contribution >= 4 is 45.8 Å². The van der Waals surface area contributed by atoms with Gasteiger partial charge in [-0.25, -0.2) is 0 Å². The van der Waals surface area contributed by atoms with E-state index in [0.717, 1.165) is 35.4 Å². The number of benzene rings is 2. The Hall–Kier alpha value is -1.34. The second kappa shape index (κ2) is 11.0. The van der Waals surface area contributed by atoms with E-state index >= 15 is 0 Å². The molecule has 150 valence electrons. The van der Waals surface area contributed by atoms with Crippen molar-refractivity contribution in [3.05, 3.63) is 64.7 Å². The molecule has 0 spiro atoms. The van der Waals surface area contributed by atoms with E-state index in [0.29, 0.717) is 29.7 Å². The molecule has 1 saturated heterocycles. The fraction of sp³-hybridized carbons (Fsp3) is 0.381. The van der Waals surface area contributed by atoms with E-state index < -0.39 is 10.8 Å². The van der Waals surface area contributed by atoms with E-state index in [1.165, 1.54) is 0 Å². The Morgan fingerprint density at radius 3 is 2.64 bits per heavy atom. The summed E-state index contributed by atoms with van der Waals surface area (Å²) in [6.07, 6.45) is 1.71. The molecule has 1 aliphatic heterocycles. The summed E-state index contributed by atoms with van der Waals surface area (Å²) in [6.45, 7) is 1.39. The van der Waals surface area contributed by atoms with Crippen molar-refractivity contribution in [2.45, 2.75) is 29.6 Å². The number of ether oxygens (including phenoxy) is 1. The summed E-state index contributed by atoms with van der Waals surface area (Å²) in [5, 5.41) is 3.85. The number of carbonyl (C=O) groups is 1. The Kier molecular flexibility index (Phi) is 8.40. The Morgan fingerprint density at radius 1 is 1.14 bits per heavy atom. The summed E-state index contributed by atoms with van der Waals surface area (Å²) in [5.41, 5.74) is 2.87. The number of carbonyl (C=O) groups excluding carboxylic acids is 1. The molecule has 1 heterocycles. The van der Waals surface area contributed by atoms with Gasteiger partial charge >= 0.3 is 0 Å². The van der Waals surface area contributed by atoms with Crippen LogP contribution in [0.2, 0.25) is 5.02 Å². The highest BCUT2D eigenvalue weighted by Gasteiger charge is 2.20. The molecule has 0 radical (unpaired) electrons. The lowest BCUT2D eigenvalue weighted by atomic mass is 10.2. The number of hydrogen-bond acceptors (Lipinski definition) is 4. The third-order valence-corrected chi connectivity index (χ3v) is 7.56. The van der Waals surface area contributed by atoms with E-state index in [4.69, 9.17) is 16.3 Å². The maximum Gasteiger partial charge on any atom is 0.234 e. The molecular weight excluding hydrogens is 414 g/mol. The lowest BCUT2D eigenvalue weighted by molar-refractivity contribution is -0.113. The van der Waals surface area contributed by atoms with Gasteiger partial charge in [0.2, 0.25) is 5.91 Å². The van der Waals surface area contributed by atoms with Crippen molar-refractivity contribution in [3.8, 4) is 0 Å². The van der Waals surface area contributed by atoms with Crippen LogP contribution < -0.4 is 5.32 Å². The number of rotatable bonds is 8. The predicted molar refractivity (Wildman–Crippen MR) is 118 cm³/mol. The number of thioether (sulfide) groups is 1. The van der Waals surface area contributed by atoms with Crippen LogP contribution in [0.1, 0.15) is 24.0 Å². The molecule has 2 aromatic carbocycles. The number of hydrogen-bond donors (Lipinski definition) is 1. The zero-order chi connectivity index (χ0) is 19.8. The third-order valence-electron chi connectivity index (χ3n) is 4.47. The fourth-order valence-electron chi connectivity index (χ4n) is 3.00. The van der Waals surface area contributed by atoms with Crippen molar-refractivity contribution in [2.24, 2.45) is 0 Å². The molecular formula is C21H24ClNO3S2. The van der Waals surface area contributed by atoms with Gasteiger partial charge < -0.3 is 10.1 Å². The highest BCUT2D eigenvalue weighted by atomic mass is 35.5. The first-order valence-electron chi connectivity index (χ1n) is 9.26. The first-order chi connectivity index (χ1) is 13.6. The number of nitrogens with one attached hydrogen (secondary N) is 1. The molecule has 7 heteroatoms. The van der Waals surface area contributed by atoms with Gasteiger partial charge in [0.15, 0.2) is 0 Å². The minimum absolute atomic E-state index is 0.0401. The van der Waals surface area contributed by atoms with Crippen molar-refractivity contribution in [3.63, 3.8) is 0 Å². The van der Waals surface area contributed by atoms with Gasteiger partial charge in [-0.3, -0.25) is 9.00 Å². The Balaban J connectivity index is 1.45. The minimum atomic E-state index is -0.912. The zero-order valence-corrected chi connectivity index (χ0v) is 18.0. The second-order valence-electron chi connectivity index (χ2n) is 6.70. The van der Waals surface area contributed by atoms with Gasteiger partial charge in [-0.2, -0.15) is 0 Å². The van der Waals surface area contributed by atoms with E-state index in [9.17, 15) is 9.00 Å². The molecule has 1 unspecified atom stereocenters.